The number of likely N-dealkylation sites (N-methyl/N-ethyl adjacent to an activating group) is 2. The minimum Gasteiger partial charge on any atom is -1.00 e. The van der Waals surface area contributed by atoms with Crippen molar-refractivity contribution >= 4 is 23.9 Å². The van der Waals surface area contributed by atoms with E-state index >= 15 is 0 Å². The molecule has 0 amide bonds. The summed E-state index contributed by atoms with van der Waals surface area (Å²) in [5, 5.41) is 0. The number of ether oxygens (including phenoxy) is 4. The van der Waals surface area contributed by atoms with E-state index in [1.54, 1.807) is 0 Å². The third-order valence-corrected chi connectivity index (χ3v) is 12.4. The standard InChI is InChI=1S/C52H102N2O8.2BrH/c1-49(55)59-47-43-53(3,4)41-35-29-23-17-13-15-21-27-33-39-51(57)61-45-37-31-25-19-11-9-7-8-10-12-20-26-32-38-46-62-52(58)40-34-28-22-16-14-18-24-30-36-42-54(5,6)44-48-60-50(2)56;;/h7-48H2,1-6H3;2*1H/q+2;;/p-2. The minimum atomic E-state index is -0.196. The molecular weight excluding hydrogens is 940 g/mol. The maximum Gasteiger partial charge on any atom is 0.305 e. The maximum absolute atomic E-state index is 12.1. The van der Waals surface area contributed by atoms with Crippen LogP contribution in [0.25, 0.3) is 0 Å². The number of hydrogen-bond acceptors (Lipinski definition) is 8. The summed E-state index contributed by atoms with van der Waals surface area (Å²) in [5.74, 6) is -0.432. The summed E-state index contributed by atoms with van der Waals surface area (Å²) in [5.41, 5.74) is 0. The van der Waals surface area contributed by atoms with Crippen molar-refractivity contribution in [2.45, 2.75) is 232 Å². The molecule has 64 heavy (non-hydrogen) atoms. The van der Waals surface area contributed by atoms with E-state index in [1.807, 2.05) is 0 Å². The van der Waals surface area contributed by atoms with Gasteiger partial charge in [-0.1, -0.05) is 154 Å². The molecule has 0 bridgehead atoms. The van der Waals surface area contributed by atoms with Gasteiger partial charge in [0.1, 0.15) is 26.3 Å². The van der Waals surface area contributed by atoms with Crippen LogP contribution >= 0.6 is 0 Å². The number of hydrogen-bond donors (Lipinski definition) is 0. The van der Waals surface area contributed by atoms with E-state index < -0.39 is 0 Å². The van der Waals surface area contributed by atoms with Gasteiger partial charge in [-0.15, -0.1) is 0 Å². The van der Waals surface area contributed by atoms with Crippen molar-refractivity contribution in [2.24, 2.45) is 0 Å². The number of carbonyl (C=O) groups is 4. The summed E-state index contributed by atoms with van der Waals surface area (Å²) in [6, 6.07) is 0. The third kappa shape index (κ3) is 53.4. The fourth-order valence-corrected chi connectivity index (χ4v) is 8.03. The SMILES string of the molecule is CC(=O)OCC[N+](C)(C)CCCCCCCCCCCC(=O)OCCCCCCCCCCCCCCCCOC(=O)CCCCCCCCCCC[N+](C)(C)CCOC(C)=O.[Br-].[Br-]. The van der Waals surface area contributed by atoms with E-state index in [0.29, 0.717) is 39.3 Å². The molecule has 0 aromatic rings. The molecule has 0 fully saturated rings. The van der Waals surface area contributed by atoms with Gasteiger partial charge < -0.3 is 61.9 Å². The molecule has 382 valence electrons. The zero-order valence-electron chi connectivity index (χ0n) is 42.6. The van der Waals surface area contributed by atoms with E-state index in [9.17, 15) is 19.2 Å². The van der Waals surface area contributed by atoms with Crippen LogP contribution in [0.5, 0.6) is 0 Å². The first-order valence-corrected chi connectivity index (χ1v) is 26.0. The number of nitrogens with zero attached hydrogens (tertiary/aromatic N) is 2. The van der Waals surface area contributed by atoms with Gasteiger partial charge in [0.05, 0.1) is 54.5 Å². The van der Waals surface area contributed by atoms with Gasteiger partial charge in [0.15, 0.2) is 0 Å². The van der Waals surface area contributed by atoms with E-state index in [2.05, 4.69) is 28.2 Å². The lowest BCUT2D eigenvalue weighted by atomic mass is 10.0. The van der Waals surface area contributed by atoms with Crippen LogP contribution in [-0.4, -0.2) is 114 Å². The molecule has 12 heteroatoms. The Morgan fingerprint density at radius 2 is 0.500 bits per heavy atom. The predicted molar refractivity (Wildman–Crippen MR) is 256 cm³/mol. The molecule has 0 aromatic heterocycles. The smallest absolute Gasteiger partial charge is 0.305 e. The molecule has 0 aliphatic carbocycles. The normalized spacial score (nSPS) is 11.4. The molecular formula is C52H102Br2N2O8. The van der Waals surface area contributed by atoms with Crippen molar-refractivity contribution in [3.63, 3.8) is 0 Å². The Bertz CT molecular complexity index is 996. The van der Waals surface area contributed by atoms with Crippen molar-refractivity contribution in [3.05, 3.63) is 0 Å². The molecule has 0 aromatic carbocycles. The first kappa shape index (κ1) is 67.0. The van der Waals surface area contributed by atoms with Crippen LogP contribution in [0.3, 0.4) is 0 Å². The fraction of sp³-hybridized carbons (Fsp3) is 0.923. The molecule has 0 aliphatic heterocycles. The molecule has 0 unspecified atom stereocenters. The Morgan fingerprint density at radius 3 is 0.750 bits per heavy atom. The van der Waals surface area contributed by atoms with Crippen molar-refractivity contribution in [1.29, 1.82) is 0 Å². The second kappa shape index (κ2) is 48.2. The first-order valence-electron chi connectivity index (χ1n) is 26.0. The predicted octanol–water partition coefficient (Wildman–Crippen LogP) is 6.62. The summed E-state index contributed by atoms with van der Waals surface area (Å²) < 4.78 is 22.9. The zero-order chi connectivity index (χ0) is 45.8. The highest BCUT2D eigenvalue weighted by atomic mass is 79.9. The van der Waals surface area contributed by atoms with Gasteiger partial charge in [0.25, 0.3) is 0 Å². The molecule has 0 aliphatic rings. The molecule has 0 spiro atoms. The quantitative estimate of drug-likeness (QED) is 0.0290. The van der Waals surface area contributed by atoms with Crippen molar-refractivity contribution < 1.29 is 81.1 Å². The third-order valence-electron chi connectivity index (χ3n) is 12.4. The van der Waals surface area contributed by atoms with Crippen LogP contribution < -0.4 is 34.0 Å². The fourth-order valence-electron chi connectivity index (χ4n) is 8.03. The highest BCUT2D eigenvalue weighted by Crippen LogP contribution is 2.16. The Hall–Kier alpha value is -1.24. The van der Waals surface area contributed by atoms with Gasteiger partial charge in [0, 0.05) is 26.7 Å². The van der Waals surface area contributed by atoms with Crippen molar-refractivity contribution in [2.75, 3.05) is 80.8 Å². The van der Waals surface area contributed by atoms with Crippen LogP contribution in [0.15, 0.2) is 0 Å². The van der Waals surface area contributed by atoms with Crippen LogP contribution in [0, 0.1) is 0 Å². The van der Waals surface area contributed by atoms with E-state index in [4.69, 9.17) is 18.9 Å². The summed E-state index contributed by atoms with van der Waals surface area (Å²) in [7, 11) is 8.82. The number of rotatable bonds is 47. The highest BCUT2D eigenvalue weighted by molar-refractivity contribution is 5.69. The number of esters is 4. The van der Waals surface area contributed by atoms with E-state index in [0.717, 1.165) is 86.5 Å². The average molecular weight is 1040 g/mol. The summed E-state index contributed by atoms with van der Waals surface area (Å²) in [6.45, 7) is 9.09. The Labute approximate surface area is 415 Å². The van der Waals surface area contributed by atoms with Gasteiger partial charge in [-0.05, 0) is 51.4 Å². The Morgan fingerprint density at radius 1 is 0.281 bits per heavy atom. The second-order valence-corrected chi connectivity index (χ2v) is 19.7. The van der Waals surface area contributed by atoms with Crippen LogP contribution in [0.2, 0.25) is 0 Å². The van der Waals surface area contributed by atoms with Gasteiger partial charge in [-0.2, -0.15) is 0 Å². The van der Waals surface area contributed by atoms with Gasteiger partial charge >= 0.3 is 23.9 Å². The molecule has 0 saturated carbocycles. The summed E-state index contributed by atoms with van der Waals surface area (Å²) >= 11 is 0. The largest absolute Gasteiger partial charge is 1.00 e. The Kier molecular flexibility index (Phi) is 50.5. The highest BCUT2D eigenvalue weighted by Gasteiger charge is 2.16. The zero-order valence-corrected chi connectivity index (χ0v) is 45.8. The number of halogens is 2. The summed E-state index contributed by atoms with van der Waals surface area (Å²) in [4.78, 5) is 46.0. The molecule has 0 rings (SSSR count). The van der Waals surface area contributed by atoms with Gasteiger partial charge in [-0.3, -0.25) is 19.2 Å². The minimum absolute atomic E-state index is 0. The van der Waals surface area contributed by atoms with Crippen LogP contribution in [0.1, 0.15) is 232 Å². The lowest BCUT2D eigenvalue weighted by Crippen LogP contribution is -3.00. The first-order chi connectivity index (χ1) is 29.8. The molecule has 0 atom stereocenters. The maximum atomic E-state index is 12.1. The molecule has 0 N–H and O–H groups in total. The monoisotopic (exact) mass is 1040 g/mol. The number of quaternary nitrogens is 2. The second-order valence-electron chi connectivity index (χ2n) is 19.7. The van der Waals surface area contributed by atoms with Crippen LogP contribution in [0.4, 0.5) is 0 Å². The van der Waals surface area contributed by atoms with Crippen molar-refractivity contribution in [3.8, 4) is 0 Å². The lowest BCUT2D eigenvalue weighted by Gasteiger charge is -2.29. The van der Waals surface area contributed by atoms with E-state index in [1.165, 1.54) is 168 Å². The van der Waals surface area contributed by atoms with Gasteiger partial charge in [0.2, 0.25) is 0 Å². The summed E-state index contributed by atoms with van der Waals surface area (Å²) in [6.07, 6.45) is 40.3. The average Bonchev–Trinajstić information content (AvgIpc) is 3.20. The van der Waals surface area contributed by atoms with E-state index in [-0.39, 0.29) is 57.8 Å². The topological polar surface area (TPSA) is 105 Å². The van der Waals surface area contributed by atoms with Crippen LogP contribution in [-0.2, 0) is 38.1 Å². The molecule has 0 radical (unpaired) electrons. The number of unbranched alkanes of at least 4 members (excludes halogenated alkanes) is 29. The molecule has 0 saturated heterocycles. The molecule has 0 heterocycles. The molecule has 10 nitrogen and oxygen atoms in total. The lowest BCUT2D eigenvalue weighted by molar-refractivity contribution is -0.890. The van der Waals surface area contributed by atoms with Gasteiger partial charge in [-0.25, -0.2) is 0 Å². The number of carbonyl (C=O) groups excluding carboxylic acids is 4. The van der Waals surface area contributed by atoms with Crippen molar-refractivity contribution in [1.82, 2.24) is 0 Å². The Balaban J connectivity index is -0.0000186.